The number of fused-ring (bicyclic) bond motifs is 1. The van der Waals surface area contributed by atoms with Crippen LogP contribution in [0.15, 0.2) is 18.5 Å². The molecule has 149 valence electrons. The van der Waals surface area contributed by atoms with E-state index in [0.717, 1.165) is 11.0 Å². The molecule has 9 heteroatoms. The molecule has 3 N–H and O–H groups in total. The van der Waals surface area contributed by atoms with Gasteiger partial charge in [-0.1, -0.05) is 19.2 Å². The van der Waals surface area contributed by atoms with Crippen molar-refractivity contribution in [2.75, 3.05) is 18.4 Å². The Kier molecular flexibility index (Phi) is 5.27. The molecule has 2 amide bonds. The number of aromatic nitrogens is 2. The van der Waals surface area contributed by atoms with E-state index in [9.17, 15) is 9.59 Å². The van der Waals surface area contributed by atoms with Crippen LogP contribution in [0.3, 0.4) is 0 Å². The third-order valence-corrected chi connectivity index (χ3v) is 4.85. The van der Waals surface area contributed by atoms with Gasteiger partial charge in [0.15, 0.2) is 0 Å². The number of rotatable bonds is 4. The summed E-state index contributed by atoms with van der Waals surface area (Å²) in [6.07, 6.45) is 3.03. The summed E-state index contributed by atoms with van der Waals surface area (Å²) in [7, 11) is 1.96. The Morgan fingerprint density at radius 2 is 2.07 bits per heavy atom. The first-order valence-corrected chi connectivity index (χ1v) is 9.44. The molecule has 2 aromatic heterocycles. The van der Waals surface area contributed by atoms with Crippen LogP contribution in [0.5, 0.6) is 0 Å². The van der Waals surface area contributed by atoms with Gasteiger partial charge in [-0.2, -0.15) is 5.10 Å². The van der Waals surface area contributed by atoms with E-state index in [1.54, 1.807) is 9.42 Å². The fraction of sp³-hybridized carbons (Fsp3) is 0.526. The lowest BCUT2D eigenvalue weighted by Gasteiger charge is -2.24. The van der Waals surface area contributed by atoms with E-state index in [-0.39, 0.29) is 18.1 Å². The van der Waals surface area contributed by atoms with Crippen molar-refractivity contribution in [3.05, 3.63) is 24.0 Å². The average molecular weight is 384 g/mol. The molecule has 1 radical (unpaired) electrons. The van der Waals surface area contributed by atoms with Crippen molar-refractivity contribution in [1.29, 1.82) is 0 Å². The summed E-state index contributed by atoms with van der Waals surface area (Å²) in [6.45, 7) is 10.6. The Morgan fingerprint density at radius 3 is 2.68 bits per heavy atom. The van der Waals surface area contributed by atoms with E-state index in [2.05, 4.69) is 17.3 Å². The van der Waals surface area contributed by atoms with Gasteiger partial charge in [0, 0.05) is 25.3 Å². The molecule has 3 heterocycles. The Labute approximate surface area is 165 Å². The third-order valence-electron chi connectivity index (χ3n) is 4.85. The lowest BCUT2D eigenvalue weighted by atomic mass is 9.75. The molecule has 2 atom stereocenters. The molecule has 8 nitrogen and oxygen atoms in total. The Bertz CT molecular complexity index is 905. The number of hydrogen-bond donors (Lipinski definition) is 2. The summed E-state index contributed by atoms with van der Waals surface area (Å²) in [5.41, 5.74) is 7.77. The zero-order valence-electron chi connectivity index (χ0n) is 17.0. The predicted octanol–water partition coefficient (Wildman–Crippen LogP) is 1.48. The second-order valence-electron chi connectivity index (χ2n) is 8.30. The Balaban J connectivity index is 1.87. The molecule has 0 aromatic carbocycles. The maximum absolute atomic E-state index is 12.4. The number of carbonyl (C=O) groups is 2. The number of anilines is 1. The number of hydrogen-bond acceptors (Lipinski definition) is 5. The topological polar surface area (TPSA) is 102 Å². The molecule has 1 aliphatic heterocycles. The minimum absolute atomic E-state index is 0.0409. The van der Waals surface area contributed by atoms with E-state index in [0.29, 0.717) is 24.3 Å². The van der Waals surface area contributed by atoms with Crippen molar-refractivity contribution in [2.24, 2.45) is 11.7 Å². The third kappa shape index (κ3) is 4.08. The number of primary amides is 1. The van der Waals surface area contributed by atoms with Crippen LogP contribution in [0.1, 0.15) is 38.1 Å². The normalized spacial score (nSPS) is 19.7. The summed E-state index contributed by atoms with van der Waals surface area (Å²) in [5.74, 6) is -0.371. The molecule has 0 bridgehead atoms. The first-order chi connectivity index (χ1) is 13.1. The zero-order chi connectivity index (χ0) is 20.6. The smallest absolute Gasteiger partial charge is 0.410 e. The molecule has 1 fully saturated rings. The van der Waals surface area contributed by atoms with Gasteiger partial charge in [-0.05, 0) is 32.8 Å². The van der Waals surface area contributed by atoms with Gasteiger partial charge in [0.25, 0.3) is 5.91 Å². The van der Waals surface area contributed by atoms with Gasteiger partial charge in [0.05, 0.1) is 23.0 Å². The van der Waals surface area contributed by atoms with Gasteiger partial charge in [-0.15, -0.1) is 0 Å². The van der Waals surface area contributed by atoms with Crippen molar-refractivity contribution >= 4 is 35.9 Å². The molecule has 0 spiro atoms. The lowest BCUT2D eigenvalue weighted by Crippen LogP contribution is -2.36. The quantitative estimate of drug-likeness (QED) is 0.778. The van der Waals surface area contributed by atoms with Gasteiger partial charge in [-0.3, -0.25) is 4.79 Å². The lowest BCUT2D eigenvalue weighted by molar-refractivity contribution is 0.0288. The average Bonchev–Trinajstić information content (AvgIpc) is 3.17. The van der Waals surface area contributed by atoms with Crippen molar-refractivity contribution in [3.63, 3.8) is 0 Å². The van der Waals surface area contributed by atoms with Gasteiger partial charge in [0.2, 0.25) is 0 Å². The SMILES string of the molecule is C[B]c1cc2c(N[C@@H]3CN(C(=O)OC(C)(C)C)C[C@@H]3C)c(C(N)=O)cnn2c1. The van der Waals surface area contributed by atoms with Crippen LogP contribution in [0, 0.1) is 5.92 Å². The van der Waals surface area contributed by atoms with Gasteiger partial charge >= 0.3 is 6.09 Å². The second kappa shape index (κ2) is 7.37. The van der Waals surface area contributed by atoms with E-state index in [1.807, 2.05) is 47.1 Å². The Morgan fingerprint density at radius 1 is 1.36 bits per heavy atom. The number of nitrogens with zero attached hydrogens (tertiary/aromatic N) is 3. The number of nitrogens with one attached hydrogen (secondary N) is 1. The maximum atomic E-state index is 12.4. The summed E-state index contributed by atoms with van der Waals surface area (Å²) in [5, 5.41) is 7.72. The maximum Gasteiger partial charge on any atom is 0.410 e. The highest BCUT2D eigenvalue weighted by Crippen LogP contribution is 2.27. The number of likely N-dealkylation sites (tertiary alicyclic amines) is 1. The van der Waals surface area contributed by atoms with E-state index < -0.39 is 11.5 Å². The van der Waals surface area contributed by atoms with Crippen molar-refractivity contribution in [2.45, 2.75) is 46.2 Å². The minimum atomic E-state index is -0.546. The number of amides is 2. The van der Waals surface area contributed by atoms with Crippen LogP contribution in [0.2, 0.25) is 6.82 Å². The number of nitrogens with two attached hydrogens (primary N) is 1. The van der Waals surface area contributed by atoms with E-state index in [4.69, 9.17) is 10.5 Å². The number of carbonyl (C=O) groups excluding carboxylic acids is 2. The van der Waals surface area contributed by atoms with E-state index >= 15 is 0 Å². The standard InChI is InChI=1S/C19H27BN5O3/c1-11-8-24(18(27)28-19(2,3)4)10-14(11)23-16-13(17(21)26)7-22-25-9-12(20-5)6-15(16)25/h6-7,9,11,14,23H,8,10H2,1-5H3,(H2,21,26)/t11-,14+/m0/s1. The summed E-state index contributed by atoms with van der Waals surface area (Å²) >= 11 is 0. The summed E-state index contributed by atoms with van der Waals surface area (Å²) < 4.78 is 7.20. The van der Waals surface area contributed by atoms with Crippen LogP contribution in [-0.2, 0) is 4.74 Å². The molecular formula is C19H27BN5O3. The summed E-state index contributed by atoms with van der Waals surface area (Å²) in [4.78, 5) is 26.1. The fourth-order valence-electron chi connectivity index (χ4n) is 3.39. The molecule has 1 aliphatic rings. The fourth-order valence-corrected chi connectivity index (χ4v) is 3.39. The molecule has 1 saturated heterocycles. The molecule has 28 heavy (non-hydrogen) atoms. The van der Waals surface area contributed by atoms with Crippen LogP contribution in [0.25, 0.3) is 5.52 Å². The molecule has 0 aliphatic carbocycles. The van der Waals surface area contributed by atoms with Crippen LogP contribution >= 0.6 is 0 Å². The zero-order valence-corrected chi connectivity index (χ0v) is 17.0. The van der Waals surface area contributed by atoms with Crippen molar-refractivity contribution in [3.8, 4) is 0 Å². The first-order valence-electron chi connectivity index (χ1n) is 9.44. The van der Waals surface area contributed by atoms with Crippen molar-refractivity contribution in [1.82, 2.24) is 14.5 Å². The van der Waals surface area contributed by atoms with Gasteiger partial charge in [0.1, 0.15) is 12.9 Å². The molecule has 3 rings (SSSR count). The monoisotopic (exact) mass is 384 g/mol. The van der Waals surface area contributed by atoms with E-state index in [1.165, 1.54) is 6.20 Å². The van der Waals surface area contributed by atoms with Crippen LogP contribution in [0.4, 0.5) is 10.5 Å². The molecule has 0 saturated carbocycles. The highest BCUT2D eigenvalue weighted by atomic mass is 16.6. The first kappa shape index (κ1) is 20.0. The molecule has 2 aromatic rings. The second-order valence-corrected chi connectivity index (χ2v) is 8.30. The van der Waals surface area contributed by atoms with Crippen LogP contribution in [-0.4, -0.2) is 58.5 Å². The molecule has 0 unspecified atom stereocenters. The number of ether oxygens (including phenoxy) is 1. The molecular weight excluding hydrogens is 357 g/mol. The minimum Gasteiger partial charge on any atom is -0.444 e. The highest BCUT2D eigenvalue weighted by molar-refractivity contribution is 6.52. The predicted molar refractivity (Wildman–Crippen MR) is 109 cm³/mol. The van der Waals surface area contributed by atoms with Crippen molar-refractivity contribution < 1.29 is 14.3 Å². The Hall–Kier alpha value is -2.71. The summed E-state index contributed by atoms with van der Waals surface area (Å²) in [6, 6.07) is 1.91. The largest absolute Gasteiger partial charge is 0.444 e. The van der Waals surface area contributed by atoms with Gasteiger partial charge < -0.3 is 20.7 Å². The van der Waals surface area contributed by atoms with Crippen LogP contribution < -0.4 is 16.5 Å². The highest BCUT2D eigenvalue weighted by Gasteiger charge is 2.35. The van der Waals surface area contributed by atoms with Gasteiger partial charge in [-0.25, -0.2) is 9.31 Å².